The fourth-order valence-electron chi connectivity index (χ4n) is 3.41. The Labute approximate surface area is 138 Å². The van der Waals surface area contributed by atoms with E-state index in [0.717, 1.165) is 44.5 Å². The number of amides is 1. The smallest absolute Gasteiger partial charge is 0.251 e. The van der Waals surface area contributed by atoms with Crippen molar-refractivity contribution in [2.24, 2.45) is 0 Å². The molecule has 0 radical (unpaired) electrons. The highest BCUT2D eigenvalue weighted by molar-refractivity contribution is 5.81. The largest absolute Gasteiger partial charge is 0.376 e. The summed E-state index contributed by atoms with van der Waals surface area (Å²) in [6.07, 6.45) is 6.84. The highest BCUT2D eigenvalue weighted by Crippen LogP contribution is 2.31. The van der Waals surface area contributed by atoms with Gasteiger partial charge in [-0.25, -0.2) is 0 Å². The second-order valence-corrected chi connectivity index (χ2v) is 6.41. The molecule has 0 saturated carbocycles. The summed E-state index contributed by atoms with van der Waals surface area (Å²) >= 11 is 0. The molecule has 2 aliphatic rings. The molecule has 2 aliphatic heterocycles. The lowest BCUT2D eigenvalue weighted by Gasteiger charge is -2.28. The van der Waals surface area contributed by atoms with Crippen LogP contribution in [-0.2, 0) is 14.3 Å². The molecular formula is C18H26N2O3. The summed E-state index contributed by atoms with van der Waals surface area (Å²) in [6, 6.07) is 5.96. The maximum Gasteiger partial charge on any atom is 0.251 e. The summed E-state index contributed by atoms with van der Waals surface area (Å²) in [5.41, 5.74) is 0.973. The van der Waals surface area contributed by atoms with E-state index in [-0.39, 0.29) is 18.1 Å². The molecule has 0 bridgehead atoms. The van der Waals surface area contributed by atoms with E-state index in [1.807, 2.05) is 30.0 Å². The molecule has 3 atom stereocenters. The van der Waals surface area contributed by atoms with E-state index in [2.05, 4.69) is 4.98 Å². The van der Waals surface area contributed by atoms with Crippen LogP contribution in [0.1, 0.15) is 50.8 Å². The third-order valence-electron chi connectivity index (χ3n) is 4.72. The number of nitrogens with zero attached hydrogens (tertiary/aromatic N) is 2. The molecule has 5 heteroatoms. The number of likely N-dealkylation sites (tertiary alicyclic amines) is 1. The zero-order chi connectivity index (χ0) is 16.1. The van der Waals surface area contributed by atoms with Crippen LogP contribution in [0.15, 0.2) is 24.4 Å². The van der Waals surface area contributed by atoms with Crippen molar-refractivity contribution < 1.29 is 14.3 Å². The van der Waals surface area contributed by atoms with Gasteiger partial charge in [-0.05, 0) is 51.2 Å². The van der Waals surface area contributed by atoms with Gasteiger partial charge in [0.25, 0.3) is 5.91 Å². The minimum Gasteiger partial charge on any atom is -0.376 e. The van der Waals surface area contributed by atoms with Gasteiger partial charge in [-0.3, -0.25) is 9.78 Å². The molecule has 23 heavy (non-hydrogen) atoms. The first-order chi connectivity index (χ1) is 11.3. The number of rotatable bonds is 5. The number of hydrogen-bond donors (Lipinski definition) is 0. The van der Waals surface area contributed by atoms with Crippen LogP contribution in [0.5, 0.6) is 0 Å². The Kier molecular flexibility index (Phi) is 5.62. The van der Waals surface area contributed by atoms with Gasteiger partial charge in [0.05, 0.1) is 24.4 Å². The van der Waals surface area contributed by atoms with Gasteiger partial charge in [0.15, 0.2) is 0 Å². The second kappa shape index (κ2) is 7.88. The first-order valence-corrected chi connectivity index (χ1v) is 8.70. The molecule has 1 amide bonds. The molecule has 0 aromatic carbocycles. The van der Waals surface area contributed by atoms with Crippen molar-refractivity contribution in [3.05, 3.63) is 30.1 Å². The first-order valence-electron chi connectivity index (χ1n) is 8.70. The summed E-state index contributed by atoms with van der Waals surface area (Å²) in [5, 5.41) is 0. The predicted molar refractivity (Wildman–Crippen MR) is 86.9 cm³/mol. The van der Waals surface area contributed by atoms with Gasteiger partial charge in [0, 0.05) is 19.3 Å². The highest BCUT2D eigenvalue weighted by Gasteiger charge is 2.33. The monoisotopic (exact) mass is 318 g/mol. The fraction of sp³-hybridized carbons (Fsp3) is 0.667. The highest BCUT2D eigenvalue weighted by atomic mass is 16.5. The van der Waals surface area contributed by atoms with Crippen molar-refractivity contribution in [1.82, 2.24) is 9.88 Å². The minimum absolute atomic E-state index is 0.0639. The average Bonchev–Trinajstić information content (AvgIpc) is 3.10. The molecule has 3 rings (SSSR count). The zero-order valence-electron chi connectivity index (χ0n) is 13.8. The maximum absolute atomic E-state index is 12.7. The van der Waals surface area contributed by atoms with Crippen molar-refractivity contribution in [3.8, 4) is 0 Å². The van der Waals surface area contributed by atoms with Gasteiger partial charge < -0.3 is 14.4 Å². The quantitative estimate of drug-likeness (QED) is 0.837. The molecular weight excluding hydrogens is 292 g/mol. The van der Waals surface area contributed by atoms with E-state index in [9.17, 15) is 4.79 Å². The van der Waals surface area contributed by atoms with E-state index in [1.54, 1.807) is 6.20 Å². The molecule has 3 heterocycles. The Hall–Kier alpha value is -1.46. The predicted octanol–water partition coefficient (Wildman–Crippen LogP) is 2.72. The van der Waals surface area contributed by atoms with Crippen LogP contribution in [0.4, 0.5) is 0 Å². The summed E-state index contributed by atoms with van der Waals surface area (Å²) in [6.45, 7) is 3.95. The summed E-state index contributed by atoms with van der Waals surface area (Å²) in [4.78, 5) is 19.1. The van der Waals surface area contributed by atoms with Crippen molar-refractivity contribution in [3.63, 3.8) is 0 Å². The van der Waals surface area contributed by atoms with E-state index in [0.29, 0.717) is 6.61 Å². The van der Waals surface area contributed by atoms with Gasteiger partial charge in [0.1, 0.15) is 6.10 Å². The molecule has 126 valence electrons. The number of hydrogen-bond acceptors (Lipinski definition) is 4. The standard InChI is InChI=1S/C18H26N2O3/c1-14(23-13-15-7-3-5-12-22-15)18(21)20-11-6-9-17(20)16-8-2-4-10-19-16/h2,4,8,10,14-15,17H,3,5-7,9,11-13H2,1H3/t14-,15-,17+/m0/s1. The van der Waals surface area contributed by atoms with Crippen molar-refractivity contribution in [2.45, 2.75) is 57.3 Å². The van der Waals surface area contributed by atoms with Crippen LogP contribution in [0.3, 0.4) is 0 Å². The number of carbonyl (C=O) groups is 1. The van der Waals surface area contributed by atoms with Crippen LogP contribution in [0, 0.1) is 0 Å². The normalized spacial score (nSPS) is 26.2. The zero-order valence-corrected chi connectivity index (χ0v) is 13.8. The lowest BCUT2D eigenvalue weighted by Crippen LogP contribution is -2.40. The third-order valence-corrected chi connectivity index (χ3v) is 4.72. The molecule has 5 nitrogen and oxygen atoms in total. The summed E-state index contributed by atoms with van der Waals surface area (Å²) in [7, 11) is 0. The van der Waals surface area contributed by atoms with E-state index >= 15 is 0 Å². The topological polar surface area (TPSA) is 51.7 Å². The van der Waals surface area contributed by atoms with Crippen LogP contribution in [0.25, 0.3) is 0 Å². The molecule has 0 aliphatic carbocycles. The average molecular weight is 318 g/mol. The van der Waals surface area contributed by atoms with Crippen LogP contribution in [-0.4, -0.2) is 47.8 Å². The molecule has 2 saturated heterocycles. The lowest BCUT2D eigenvalue weighted by molar-refractivity contribution is -0.147. The Bertz CT molecular complexity index is 502. The van der Waals surface area contributed by atoms with Crippen LogP contribution in [0.2, 0.25) is 0 Å². The lowest BCUT2D eigenvalue weighted by atomic mass is 10.1. The van der Waals surface area contributed by atoms with E-state index in [4.69, 9.17) is 9.47 Å². The Morgan fingerprint density at radius 2 is 2.30 bits per heavy atom. The Morgan fingerprint density at radius 1 is 1.39 bits per heavy atom. The van der Waals surface area contributed by atoms with Crippen molar-refractivity contribution in [1.29, 1.82) is 0 Å². The molecule has 0 N–H and O–H groups in total. The maximum atomic E-state index is 12.7. The molecule has 0 unspecified atom stereocenters. The van der Waals surface area contributed by atoms with Crippen molar-refractivity contribution in [2.75, 3.05) is 19.8 Å². The van der Waals surface area contributed by atoms with Gasteiger partial charge >= 0.3 is 0 Å². The number of pyridine rings is 1. The Balaban J connectivity index is 1.55. The van der Waals surface area contributed by atoms with Gasteiger partial charge in [-0.15, -0.1) is 0 Å². The van der Waals surface area contributed by atoms with Crippen molar-refractivity contribution >= 4 is 5.91 Å². The van der Waals surface area contributed by atoms with Gasteiger partial charge in [-0.2, -0.15) is 0 Å². The summed E-state index contributed by atoms with van der Waals surface area (Å²) in [5.74, 6) is 0.0639. The number of ether oxygens (including phenoxy) is 2. The van der Waals surface area contributed by atoms with E-state index < -0.39 is 6.10 Å². The van der Waals surface area contributed by atoms with Gasteiger partial charge in [0.2, 0.25) is 0 Å². The summed E-state index contributed by atoms with van der Waals surface area (Å²) < 4.78 is 11.5. The first kappa shape index (κ1) is 16.4. The van der Waals surface area contributed by atoms with Gasteiger partial charge in [-0.1, -0.05) is 6.07 Å². The molecule has 1 aromatic rings. The van der Waals surface area contributed by atoms with Crippen LogP contribution < -0.4 is 0 Å². The molecule has 2 fully saturated rings. The minimum atomic E-state index is -0.426. The molecule has 0 spiro atoms. The third kappa shape index (κ3) is 4.09. The van der Waals surface area contributed by atoms with Crippen LogP contribution >= 0.6 is 0 Å². The molecule has 1 aromatic heterocycles. The number of aromatic nitrogens is 1. The van der Waals surface area contributed by atoms with E-state index in [1.165, 1.54) is 6.42 Å². The fourth-order valence-corrected chi connectivity index (χ4v) is 3.41. The second-order valence-electron chi connectivity index (χ2n) is 6.41. The number of carbonyl (C=O) groups excluding carboxylic acids is 1. The Morgan fingerprint density at radius 3 is 3.04 bits per heavy atom. The SMILES string of the molecule is C[C@H](OC[C@@H]1CCCCO1)C(=O)N1CCC[C@@H]1c1ccccn1.